The van der Waals surface area contributed by atoms with Crippen molar-refractivity contribution in [1.29, 1.82) is 0 Å². The first-order valence-electron chi connectivity index (χ1n) is 7.76. The van der Waals surface area contributed by atoms with E-state index in [1.807, 2.05) is 18.7 Å². The summed E-state index contributed by atoms with van der Waals surface area (Å²) >= 11 is 5.75. The molecule has 1 heterocycles. The molecule has 0 saturated carbocycles. The first-order chi connectivity index (χ1) is 10.8. The summed E-state index contributed by atoms with van der Waals surface area (Å²) in [6, 6.07) is 1.16. The average molecular weight is 353 g/mol. The summed E-state index contributed by atoms with van der Waals surface area (Å²) in [5.74, 6) is -0.731. The van der Waals surface area contributed by atoms with Gasteiger partial charge in [0.25, 0.3) is 0 Å². The number of nitrogens with one attached hydrogen (secondary N) is 1. The minimum Gasteiger partial charge on any atom is -0.314 e. The number of benzene rings is 1. The molecule has 1 saturated heterocycles. The topological polar surface area (TPSA) is 15.3 Å². The van der Waals surface area contributed by atoms with Gasteiger partial charge in [-0.05, 0) is 18.1 Å². The molecule has 0 spiro atoms. The van der Waals surface area contributed by atoms with Crippen LogP contribution in [0.4, 0.5) is 17.6 Å². The van der Waals surface area contributed by atoms with E-state index in [0.717, 1.165) is 25.6 Å². The molecule has 1 unspecified atom stereocenters. The second-order valence-electron chi connectivity index (χ2n) is 5.98. The quantitative estimate of drug-likeness (QED) is 0.803. The smallest absolute Gasteiger partial charge is 0.314 e. The summed E-state index contributed by atoms with van der Waals surface area (Å²) < 4.78 is 53.7. The largest absolute Gasteiger partial charge is 0.416 e. The monoisotopic (exact) mass is 352 g/mol. The summed E-state index contributed by atoms with van der Waals surface area (Å²) in [6.45, 7) is 6.69. The van der Waals surface area contributed by atoms with Gasteiger partial charge in [0.05, 0.1) is 10.6 Å². The van der Waals surface area contributed by atoms with Crippen molar-refractivity contribution < 1.29 is 17.6 Å². The molecule has 0 radical (unpaired) electrons. The van der Waals surface area contributed by atoms with Crippen LogP contribution in [0, 0.1) is 11.7 Å². The van der Waals surface area contributed by atoms with Crippen molar-refractivity contribution in [2.75, 3.05) is 26.2 Å². The predicted octanol–water partition coefficient (Wildman–Crippen LogP) is 4.49. The Morgan fingerprint density at radius 3 is 2.39 bits per heavy atom. The Kier molecular flexibility index (Phi) is 5.92. The Bertz CT molecular complexity index is 542. The van der Waals surface area contributed by atoms with E-state index >= 15 is 0 Å². The molecule has 0 aromatic heterocycles. The fourth-order valence-corrected chi connectivity index (χ4v) is 3.26. The highest BCUT2D eigenvalue weighted by Crippen LogP contribution is 2.39. The third-order valence-electron chi connectivity index (χ3n) is 4.43. The number of piperazine rings is 1. The van der Waals surface area contributed by atoms with Crippen LogP contribution in [-0.4, -0.2) is 31.1 Å². The third kappa shape index (κ3) is 4.17. The summed E-state index contributed by atoms with van der Waals surface area (Å²) in [5, 5.41) is 2.72. The van der Waals surface area contributed by atoms with Crippen molar-refractivity contribution >= 4 is 11.6 Å². The lowest BCUT2D eigenvalue weighted by Crippen LogP contribution is -2.46. The number of halogens is 5. The van der Waals surface area contributed by atoms with E-state index in [1.165, 1.54) is 0 Å². The number of alkyl halides is 3. The van der Waals surface area contributed by atoms with Crippen molar-refractivity contribution in [3.63, 3.8) is 0 Å². The van der Waals surface area contributed by atoms with E-state index in [0.29, 0.717) is 19.2 Å². The molecule has 2 rings (SSSR count). The fourth-order valence-electron chi connectivity index (χ4n) is 3.04. The Morgan fingerprint density at radius 2 is 1.87 bits per heavy atom. The van der Waals surface area contributed by atoms with Gasteiger partial charge in [0.2, 0.25) is 0 Å². The summed E-state index contributed by atoms with van der Waals surface area (Å²) in [5.41, 5.74) is -0.858. The number of hydrogen-bond donors (Lipinski definition) is 1. The molecule has 130 valence electrons. The molecule has 23 heavy (non-hydrogen) atoms. The Balaban J connectivity index is 2.50. The van der Waals surface area contributed by atoms with E-state index in [9.17, 15) is 17.6 Å². The predicted molar refractivity (Wildman–Crippen MR) is 83.1 cm³/mol. The molecule has 1 aliphatic heterocycles. The van der Waals surface area contributed by atoms with Crippen LogP contribution in [0.2, 0.25) is 5.02 Å². The van der Waals surface area contributed by atoms with Gasteiger partial charge in [-0.3, -0.25) is 4.90 Å². The maximum absolute atomic E-state index is 14.5. The first kappa shape index (κ1) is 18.5. The number of nitrogens with zero attached hydrogens (tertiary/aromatic N) is 1. The molecule has 1 aliphatic rings. The highest BCUT2D eigenvalue weighted by molar-refractivity contribution is 6.30. The van der Waals surface area contributed by atoms with Crippen molar-refractivity contribution in [1.82, 2.24) is 10.2 Å². The van der Waals surface area contributed by atoms with Gasteiger partial charge >= 0.3 is 6.18 Å². The van der Waals surface area contributed by atoms with Crippen molar-refractivity contribution in [3.05, 3.63) is 34.1 Å². The molecular weight excluding hydrogens is 332 g/mol. The molecule has 2 atom stereocenters. The first-order valence-corrected chi connectivity index (χ1v) is 8.14. The van der Waals surface area contributed by atoms with E-state index in [-0.39, 0.29) is 11.5 Å². The maximum atomic E-state index is 14.5. The molecule has 1 fully saturated rings. The van der Waals surface area contributed by atoms with Crippen molar-refractivity contribution in [2.24, 2.45) is 5.92 Å². The van der Waals surface area contributed by atoms with Gasteiger partial charge in [0, 0.05) is 37.8 Å². The van der Waals surface area contributed by atoms with Gasteiger partial charge in [0.1, 0.15) is 5.82 Å². The lowest BCUT2D eigenvalue weighted by molar-refractivity contribution is -0.137. The Morgan fingerprint density at radius 1 is 1.26 bits per heavy atom. The van der Waals surface area contributed by atoms with Crippen LogP contribution in [0.1, 0.15) is 37.4 Å². The fraction of sp³-hybridized carbons (Fsp3) is 0.625. The third-order valence-corrected chi connectivity index (χ3v) is 4.71. The van der Waals surface area contributed by atoms with Crippen LogP contribution in [-0.2, 0) is 6.18 Å². The molecule has 0 aliphatic carbocycles. The molecule has 0 amide bonds. The summed E-state index contributed by atoms with van der Waals surface area (Å²) in [6.07, 6.45) is -3.81. The maximum Gasteiger partial charge on any atom is 0.416 e. The second kappa shape index (κ2) is 7.36. The summed E-state index contributed by atoms with van der Waals surface area (Å²) in [4.78, 5) is 2.04. The van der Waals surface area contributed by atoms with Crippen LogP contribution in [0.5, 0.6) is 0 Å². The van der Waals surface area contributed by atoms with Crippen LogP contribution < -0.4 is 5.32 Å². The number of hydrogen-bond acceptors (Lipinski definition) is 2. The SMILES string of the molecule is CCC(C)[C@@H](c1cc(C(F)(F)F)cc(Cl)c1F)N1CCNCC1. The van der Waals surface area contributed by atoms with E-state index < -0.39 is 28.6 Å². The van der Waals surface area contributed by atoms with Gasteiger partial charge in [0.15, 0.2) is 0 Å². The van der Waals surface area contributed by atoms with Gasteiger partial charge < -0.3 is 5.32 Å². The molecule has 0 bridgehead atoms. The van der Waals surface area contributed by atoms with Crippen LogP contribution in [0.15, 0.2) is 12.1 Å². The highest BCUT2D eigenvalue weighted by Gasteiger charge is 2.35. The van der Waals surface area contributed by atoms with Gasteiger partial charge in [-0.15, -0.1) is 0 Å². The lowest BCUT2D eigenvalue weighted by Gasteiger charge is -2.38. The molecule has 7 heteroatoms. The van der Waals surface area contributed by atoms with Crippen LogP contribution in [0.25, 0.3) is 0 Å². The Hall–Kier alpha value is -0.850. The zero-order chi connectivity index (χ0) is 17.2. The molecule has 1 aromatic rings. The van der Waals surface area contributed by atoms with Crippen molar-refractivity contribution in [3.8, 4) is 0 Å². The van der Waals surface area contributed by atoms with Crippen LogP contribution in [0.3, 0.4) is 0 Å². The Labute approximate surface area is 138 Å². The van der Waals surface area contributed by atoms with Crippen molar-refractivity contribution in [2.45, 2.75) is 32.5 Å². The summed E-state index contributed by atoms with van der Waals surface area (Å²) in [7, 11) is 0. The second-order valence-corrected chi connectivity index (χ2v) is 6.38. The average Bonchev–Trinajstić information content (AvgIpc) is 2.51. The molecular formula is C16H21ClF4N2. The zero-order valence-corrected chi connectivity index (χ0v) is 13.9. The van der Waals surface area contributed by atoms with Crippen LogP contribution >= 0.6 is 11.6 Å². The highest BCUT2D eigenvalue weighted by atomic mass is 35.5. The van der Waals surface area contributed by atoms with Gasteiger partial charge in [-0.25, -0.2) is 4.39 Å². The minimum atomic E-state index is -4.55. The normalized spacial score (nSPS) is 19.6. The lowest BCUT2D eigenvalue weighted by atomic mass is 9.89. The van der Waals surface area contributed by atoms with E-state index in [2.05, 4.69) is 5.32 Å². The molecule has 2 nitrogen and oxygen atoms in total. The minimum absolute atomic E-state index is 0.0159. The van der Waals surface area contributed by atoms with Gasteiger partial charge in [-0.1, -0.05) is 31.9 Å². The molecule has 1 aromatic carbocycles. The molecule has 1 N–H and O–H groups in total. The van der Waals surface area contributed by atoms with E-state index in [1.54, 1.807) is 0 Å². The van der Waals surface area contributed by atoms with Gasteiger partial charge in [-0.2, -0.15) is 13.2 Å². The van der Waals surface area contributed by atoms with E-state index in [4.69, 9.17) is 11.6 Å². The number of rotatable bonds is 4. The zero-order valence-electron chi connectivity index (χ0n) is 13.2. The standard InChI is InChI=1S/C16H21ClF4N2/c1-3-10(2)15(23-6-4-22-5-7-23)12-8-11(16(19,20)21)9-13(17)14(12)18/h8-10,15,22H,3-7H2,1-2H3/t10?,15-/m0/s1.